The fourth-order valence-electron chi connectivity index (χ4n) is 3.31. The highest BCUT2D eigenvalue weighted by molar-refractivity contribution is 9.10. The number of esters is 1. The molecule has 1 aliphatic heterocycles. The molecule has 2 atom stereocenters. The lowest BCUT2D eigenvalue weighted by Crippen LogP contribution is -2.41. The molecule has 1 heterocycles. The number of likely N-dealkylation sites (tertiary alicyclic amines) is 1. The second kappa shape index (κ2) is 6.41. The largest absolute Gasteiger partial charge is 0.469 e. The molecule has 2 aliphatic rings. The Morgan fingerprint density at radius 2 is 2.00 bits per heavy atom. The summed E-state index contributed by atoms with van der Waals surface area (Å²) in [6, 6.07) is 8.20. The highest BCUT2D eigenvalue weighted by Gasteiger charge is 2.46. The number of carbonyl (C=O) groups is 2. The van der Waals surface area contributed by atoms with E-state index in [0.29, 0.717) is 31.8 Å². The number of hydrogen-bond donors (Lipinski definition) is 0. The van der Waals surface area contributed by atoms with Gasteiger partial charge in [-0.3, -0.25) is 9.59 Å². The maximum atomic E-state index is 12.6. The molecule has 4 nitrogen and oxygen atoms in total. The molecule has 0 aromatic heterocycles. The zero-order chi connectivity index (χ0) is 15.7. The molecule has 0 bridgehead atoms. The van der Waals surface area contributed by atoms with Crippen LogP contribution in [0.1, 0.15) is 30.7 Å². The number of nitrogens with zero attached hydrogens (tertiary/aromatic N) is 1. The minimum absolute atomic E-state index is 0.0471. The highest BCUT2D eigenvalue weighted by atomic mass is 79.9. The van der Waals surface area contributed by atoms with E-state index in [9.17, 15) is 9.59 Å². The molecule has 2 fully saturated rings. The van der Waals surface area contributed by atoms with Gasteiger partial charge in [-0.2, -0.15) is 0 Å². The third-order valence-corrected chi connectivity index (χ3v) is 5.22. The number of benzene rings is 1. The van der Waals surface area contributed by atoms with Crippen molar-refractivity contribution in [1.29, 1.82) is 0 Å². The summed E-state index contributed by atoms with van der Waals surface area (Å²) >= 11 is 3.48. The molecule has 1 amide bonds. The Kier molecular flexibility index (Phi) is 4.52. The molecule has 3 rings (SSSR count). The number of carbonyl (C=O) groups excluding carboxylic acids is 2. The molecule has 1 aromatic rings. The van der Waals surface area contributed by atoms with Crippen LogP contribution < -0.4 is 0 Å². The fourth-order valence-corrected chi connectivity index (χ4v) is 3.73. The number of amides is 1. The lowest BCUT2D eigenvalue weighted by atomic mass is 9.96. The summed E-state index contributed by atoms with van der Waals surface area (Å²) in [4.78, 5) is 26.0. The first kappa shape index (κ1) is 15.5. The van der Waals surface area contributed by atoms with Crippen molar-refractivity contribution in [1.82, 2.24) is 4.90 Å². The zero-order valence-corrected chi connectivity index (χ0v) is 14.2. The summed E-state index contributed by atoms with van der Waals surface area (Å²) < 4.78 is 5.84. The molecule has 0 radical (unpaired) electrons. The van der Waals surface area contributed by atoms with Crippen molar-refractivity contribution in [3.8, 4) is 0 Å². The summed E-state index contributed by atoms with van der Waals surface area (Å²) in [5.74, 6) is 0.514. The summed E-state index contributed by atoms with van der Waals surface area (Å²) in [5.41, 5.74) is 1.23. The van der Waals surface area contributed by atoms with Crippen molar-refractivity contribution in [3.05, 3.63) is 34.3 Å². The van der Waals surface area contributed by atoms with E-state index in [2.05, 4.69) is 28.1 Å². The molecular weight excluding hydrogens is 346 g/mol. The van der Waals surface area contributed by atoms with Crippen LogP contribution in [0.25, 0.3) is 0 Å². The molecule has 22 heavy (non-hydrogen) atoms. The molecule has 118 valence electrons. The van der Waals surface area contributed by atoms with Crippen LogP contribution in [0.3, 0.4) is 0 Å². The summed E-state index contributed by atoms with van der Waals surface area (Å²) in [6.45, 7) is 1.33. The van der Waals surface area contributed by atoms with Gasteiger partial charge in [-0.1, -0.05) is 28.1 Å². The normalized spacial score (nSPS) is 24.9. The van der Waals surface area contributed by atoms with Gasteiger partial charge >= 0.3 is 5.97 Å². The third-order valence-electron chi connectivity index (χ3n) is 4.73. The molecule has 1 saturated carbocycles. The second-order valence-corrected chi connectivity index (χ2v) is 7.04. The lowest BCUT2D eigenvalue weighted by molar-refractivity contribution is -0.149. The van der Waals surface area contributed by atoms with Crippen LogP contribution in [-0.4, -0.2) is 37.0 Å². The van der Waals surface area contributed by atoms with E-state index in [1.165, 1.54) is 12.7 Å². The van der Waals surface area contributed by atoms with Gasteiger partial charge in [-0.25, -0.2) is 0 Å². The number of hydrogen-bond acceptors (Lipinski definition) is 3. The molecule has 0 spiro atoms. The topological polar surface area (TPSA) is 46.6 Å². The Labute approximate surface area is 138 Å². The van der Waals surface area contributed by atoms with Gasteiger partial charge in [0.05, 0.1) is 13.0 Å². The van der Waals surface area contributed by atoms with Crippen molar-refractivity contribution in [2.45, 2.75) is 25.2 Å². The zero-order valence-electron chi connectivity index (χ0n) is 12.6. The Morgan fingerprint density at radius 1 is 1.27 bits per heavy atom. The quantitative estimate of drug-likeness (QED) is 0.773. The molecule has 1 aliphatic carbocycles. The van der Waals surface area contributed by atoms with Crippen LogP contribution in [0.5, 0.6) is 0 Å². The molecule has 0 N–H and O–H groups in total. The minimum atomic E-state index is -0.148. The van der Waals surface area contributed by atoms with Crippen LogP contribution in [0.15, 0.2) is 28.7 Å². The van der Waals surface area contributed by atoms with Crippen molar-refractivity contribution in [2.75, 3.05) is 20.2 Å². The average Bonchev–Trinajstić information content (AvgIpc) is 3.34. The highest BCUT2D eigenvalue weighted by Crippen LogP contribution is 2.49. The van der Waals surface area contributed by atoms with Gasteiger partial charge in [-0.15, -0.1) is 0 Å². The molecular formula is C17H20BrNO3. The first-order chi connectivity index (χ1) is 10.6. The maximum absolute atomic E-state index is 12.6. The Balaban J connectivity index is 1.55. The van der Waals surface area contributed by atoms with Gasteiger partial charge in [0.1, 0.15) is 0 Å². The van der Waals surface area contributed by atoms with Gasteiger partial charge in [0.2, 0.25) is 5.91 Å². The first-order valence-electron chi connectivity index (χ1n) is 7.72. The van der Waals surface area contributed by atoms with Crippen LogP contribution in [0.4, 0.5) is 0 Å². The van der Waals surface area contributed by atoms with Crippen molar-refractivity contribution >= 4 is 27.8 Å². The predicted octanol–water partition coefficient (Wildman–Crippen LogP) is 2.96. The van der Waals surface area contributed by atoms with Crippen LogP contribution in [0, 0.1) is 11.8 Å². The Bertz CT molecular complexity index is 581. The van der Waals surface area contributed by atoms with Crippen molar-refractivity contribution in [3.63, 3.8) is 0 Å². The Hall–Kier alpha value is -1.36. The SMILES string of the molecule is COC(=O)C1CCN(C(=O)[C@@H]2C[C@H]2c2cccc(Br)c2)CC1. The van der Waals surface area contributed by atoms with Crippen molar-refractivity contribution < 1.29 is 14.3 Å². The van der Waals surface area contributed by atoms with Crippen molar-refractivity contribution in [2.24, 2.45) is 11.8 Å². The van der Waals surface area contributed by atoms with Crippen LogP contribution in [0.2, 0.25) is 0 Å². The molecule has 1 saturated heterocycles. The summed E-state index contributed by atoms with van der Waals surface area (Å²) in [6.07, 6.45) is 2.37. The monoisotopic (exact) mass is 365 g/mol. The van der Waals surface area contributed by atoms with Crippen LogP contribution in [-0.2, 0) is 14.3 Å². The first-order valence-corrected chi connectivity index (χ1v) is 8.51. The van der Waals surface area contributed by atoms with E-state index in [-0.39, 0.29) is 23.7 Å². The second-order valence-electron chi connectivity index (χ2n) is 6.13. The fraction of sp³-hybridized carbons (Fsp3) is 0.529. The number of ether oxygens (including phenoxy) is 1. The molecule has 0 unspecified atom stereocenters. The molecule has 5 heteroatoms. The summed E-state index contributed by atoms with van der Waals surface area (Å²) in [5, 5.41) is 0. The van der Waals surface area contributed by atoms with Gasteiger partial charge < -0.3 is 9.64 Å². The van der Waals surface area contributed by atoms with Gasteiger partial charge in [0.15, 0.2) is 0 Å². The van der Waals surface area contributed by atoms with Gasteiger partial charge in [0, 0.05) is 23.5 Å². The van der Waals surface area contributed by atoms with E-state index in [4.69, 9.17) is 4.74 Å². The summed E-state index contributed by atoms with van der Waals surface area (Å²) in [7, 11) is 1.42. The average molecular weight is 366 g/mol. The van der Waals surface area contributed by atoms with E-state index >= 15 is 0 Å². The number of methoxy groups -OCH3 is 1. The van der Waals surface area contributed by atoms with Crippen LogP contribution >= 0.6 is 15.9 Å². The smallest absolute Gasteiger partial charge is 0.308 e. The van der Waals surface area contributed by atoms with E-state index in [0.717, 1.165) is 10.9 Å². The third kappa shape index (κ3) is 3.19. The number of piperidine rings is 1. The maximum Gasteiger partial charge on any atom is 0.308 e. The number of halogens is 1. The lowest BCUT2D eigenvalue weighted by Gasteiger charge is -2.31. The minimum Gasteiger partial charge on any atom is -0.469 e. The molecule has 1 aromatic carbocycles. The van der Waals surface area contributed by atoms with E-state index in [1.54, 1.807) is 0 Å². The van der Waals surface area contributed by atoms with E-state index in [1.807, 2.05) is 17.0 Å². The Morgan fingerprint density at radius 3 is 2.64 bits per heavy atom. The van der Waals surface area contributed by atoms with E-state index < -0.39 is 0 Å². The van der Waals surface area contributed by atoms with Gasteiger partial charge in [-0.05, 0) is 42.9 Å². The predicted molar refractivity (Wildman–Crippen MR) is 86.3 cm³/mol. The van der Waals surface area contributed by atoms with Gasteiger partial charge in [0.25, 0.3) is 0 Å². The standard InChI is InChI=1S/C17H20BrNO3/c1-22-17(21)11-5-7-19(8-6-11)16(20)15-10-14(15)12-3-2-4-13(18)9-12/h2-4,9,11,14-15H,5-8,10H2,1H3/t14-,15+/m0/s1. The number of rotatable bonds is 3.